The molecule has 0 unspecified atom stereocenters. The molecular formula is C22H26F3N3O. The average molecular weight is 405 g/mol. The Labute approximate surface area is 169 Å². The van der Waals surface area contributed by atoms with Crippen molar-refractivity contribution in [2.24, 2.45) is 0 Å². The summed E-state index contributed by atoms with van der Waals surface area (Å²) in [7, 11) is 3.45. The standard InChI is InChI=1S/C22H26F3N3O/c1-27(2)21(29)16-7-9-19(10-8-16)28-13-11-18(12-14-28)26-15-17-5-3-4-6-20(17)22(23,24)25/h3-10,18,26H,11-15H2,1-2H3. The van der Waals surface area contributed by atoms with Crippen LogP contribution >= 0.6 is 0 Å². The Balaban J connectivity index is 1.53. The minimum Gasteiger partial charge on any atom is -0.371 e. The fourth-order valence-electron chi connectivity index (χ4n) is 3.62. The topological polar surface area (TPSA) is 35.6 Å². The van der Waals surface area contributed by atoms with Gasteiger partial charge in [0, 0.05) is 51.0 Å². The van der Waals surface area contributed by atoms with Crippen LogP contribution in [0.3, 0.4) is 0 Å². The van der Waals surface area contributed by atoms with Crippen LogP contribution in [0.15, 0.2) is 48.5 Å². The van der Waals surface area contributed by atoms with Crippen molar-refractivity contribution in [1.29, 1.82) is 0 Å². The normalized spacial score (nSPS) is 15.4. The van der Waals surface area contributed by atoms with Crippen molar-refractivity contribution >= 4 is 11.6 Å². The number of carbonyl (C=O) groups excluding carboxylic acids is 1. The molecule has 1 amide bonds. The number of alkyl halides is 3. The summed E-state index contributed by atoms with van der Waals surface area (Å²) in [6, 6.07) is 13.5. The van der Waals surface area contributed by atoms with Gasteiger partial charge in [0.1, 0.15) is 0 Å². The molecule has 3 rings (SSSR count). The van der Waals surface area contributed by atoms with Crippen molar-refractivity contribution in [3.05, 3.63) is 65.2 Å². The highest BCUT2D eigenvalue weighted by Crippen LogP contribution is 2.32. The van der Waals surface area contributed by atoms with Gasteiger partial charge in [-0.3, -0.25) is 4.79 Å². The predicted octanol–water partition coefficient (Wildman–Crippen LogP) is 4.17. The van der Waals surface area contributed by atoms with Crippen LogP contribution in [0.25, 0.3) is 0 Å². The van der Waals surface area contributed by atoms with E-state index < -0.39 is 11.7 Å². The van der Waals surface area contributed by atoms with Gasteiger partial charge in [-0.1, -0.05) is 18.2 Å². The number of rotatable bonds is 5. The van der Waals surface area contributed by atoms with Gasteiger partial charge >= 0.3 is 6.18 Å². The molecule has 29 heavy (non-hydrogen) atoms. The number of nitrogens with one attached hydrogen (secondary N) is 1. The molecule has 2 aromatic rings. The molecule has 0 atom stereocenters. The summed E-state index contributed by atoms with van der Waals surface area (Å²) >= 11 is 0. The van der Waals surface area contributed by atoms with Crippen LogP contribution in [0, 0.1) is 0 Å². The van der Waals surface area contributed by atoms with E-state index in [2.05, 4.69) is 10.2 Å². The first kappa shape index (κ1) is 21.2. The molecule has 0 aliphatic carbocycles. The summed E-state index contributed by atoms with van der Waals surface area (Å²) in [5.74, 6) is -0.0291. The average Bonchev–Trinajstić information content (AvgIpc) is 2.71. The minimum absolute atomic E-state index is 0.0291. The van der Waals surface area contributed by atoms with E-state index in [1.54, 1.807) is 25.1 Å². The second-order valence-electron chi connectivity index (χ2n) is 7.54. The summed E-state index contributed by atoms with van der Waals surface area (Å²) in [5, 5.41) is 3.28. The first-order valence-corrected chi connectivity index (χ1v) is 9.71. The van der Waals surface area contributed by atoms with E-state index in [0.29, 0.717) is 5.56 Å². The highest BCUT2D eigenvalue weighted by Gasteiger charge is 2.33. The fraction of sp³-hybridized carbons (Fsp3) is 0.409. The Kier molecular flexibility index (Phi) is 6.47. The lowest BCUT2D eigenvalue weighted by atomic mass is 10.0. The maximum absolute atomic E-state index is 13.1. The van der Waals surface area contributed by atoms with E-state index in [-0.39, 0.29) is 24.1 Å². The molecule has 0 radical (unpaired) electrons. The molecule has 4 nitrogen and oxygen atoms in total. The van der Waals surface area contributed by atoms with Crippen LogP contribution in [0.5, 0.6) is 0 Å². The van der Waals surface area contributed by atoms with Crippen molar-refractivity contribution < 1.29 is 18.0 Å². The molecule has 2 aromatic carbocycles. The Bertz CT molecular complexity index is 826. The quantitative estimate of drug-likeness (QED) is 0.811. The van der Waals surface area contributed by atoms with E-state index >= 15 is 0 Å². The van der Waals surface area contributed by atoms with Gasteiger partial charge < -0.3 is 15.1 Å². The van der Waals surface area contributed by atoms with Gasteiger partial charge in [0.15, 0.2) is 0 Å². The summed E-state index contributed by atoms with van der Waals surface area (Å²) in [6.45, 7) is 1.85. The molecule has 7 heteroatoms. The van der Waals surface area contributed by atoms with Crippen molar-refractivity contribution in [2.45, 2.75) is 31.6 Å². The molecule has 1 fully saturated rings. The third-order valence-corrected chi connectivity index (χ3v) is 5.28. The number of piperidine rings is 1. The van der Waals surface area contributed by atoms with E-state index in [1.807, 2.05) is 24.3 Å². The maximum Gasteiger partial charge on any atom is 0.416 e. The zero-order valence-electron chi connectivity index (χ0n) is 16.7. The Morgan fingerprint density at radius 1 is 1.07 bits per heavy atom. The van der Waals surface area contributed by atoms with Crippen LogP contribution < -0.4 is 10.2 Å². The number of nitrogens with zero attached hydrogens (tertiary/aromatic N) is 2. The Morgan fingerprint density at radius 2 is 1.69 bits per heavy atom. The Morgan fingerprint density at radius 3 is 2.28 bits per heavy atom. The van der Waals surface area contributed by atoms with E-state index in [9.17, 15) is 18.0 Å². The van der Waals surface area contributed by atoms with Crippen molar-refractivity contribution in [2.75, 3.05) is 32.1 Å². The SMILES string of the molecule is CN(C)C(=O)c1ccc(N2CCC(NCc3ccccc3C(F)(F)F)CC2)cc1. The lowest BCUT2D eigenvalue weighted by Gasteiger charge is -2.34. The van der Waals surface area contributed by atoms with Crippen LogP contribution in [-0.2, 0) is 12.7 Å². The maximum atomic E-state index is 13.1. The van der Waals surface area contributed by atoms with E-state index in [4.69, 9.17) is 0 Å². The summed E-state index contributed by atoms with van der Waals surface area (Å²) < 4.78 is 39.4. The van der Waals surface area contributed by atoms with Crippen LogP contribution in [0.1, 0.15) is 34.3 Å². The predicted molar refractivity (Wildman–Crippen MR) is 108 cm³/mol. The third-order valence-electron chi connectivity index (χ3n) is 5.28. The molecular weight excluding hydrogens is 379 g/mol. The smallest absolute Gasteiger partial charge is 0.371 e. The second kappa shape index (κ2) is 8.86. The number of amides is 1. The number of hydrogen-bond donors (Lipinski definition) is 1. The molecule has 1 N–H and O–H groups in total. The van der Waals surface area contributed by atoms with Gasteiger partial charge in [-0.05, 0) is 48.7 Å². The fourth-order valence-corrected chi connectivity index (χ4v) is 3.62. The number of carbonyl (C=O) groups is 1. The van der Waals surface area contributed by atoms with Crippen molar-refractivity contribution in [3.8, 4) is 0 Å². The zero-order valence-corrected chi connectivity index (χ0v) is 16.7. The van der Waals surface area contributed by atoms with Crippen molar-refractivity contribution in [1.82, 2.24) is 10.2 Å². The number of hydrogen-bond acceptors (Lipinski definition) is 3. The highest BCUT2D eigenvalue weighted by atomic mass is 19.4. The Hall–Kier alpha value is -2.54. The van der Waals surface area contributed by atoms with Crippen LogP contribution in [0.2, 0.25) is 0 Å². The lowest BCUT2D eigenvalue weighted by molar-refractivity contribution is -0.138. The number of anilines is 1. The molecule has 0 saturated carbocycles. The first-order valence-electron chi connectivity index (χ1n) is 9.71. The molecule has 0 bridgehead atoms. The van der Waals surface area contributed by atoms with Gasteiger partial charge in [-0.15, -0.1) is 0 Å². The molecule has 156 valence electrons. The first-order chi connectivity index (χ1) is 13.8. The second-order valence-corrected chi connectivity index (χ2v) is 7.54. The number of benzene rings is 2. The van der Waals surface area contributed by atoms with Gasteiger partial charge in [0.2, 0.25) is 0 Å². The molecule has 1 saturated heterocycles. The summed E-state index contributed by atoms with van der Waals surface area (Å²) in [4.78, 5) is 15.8. The van der Waals surface area contributed by atoms with E-state index in [1.165, 1.54) is 12.1 Å². The van der Waals surface area contributed by atoms with Crippen molar-refractivity contribution in [3.63, 3.8) is 0 Å². The minimum atomic E-state index is -4.33. The molecule has 0 aromatic heterocycles. The van der Waals surface area contributed by atoms with Gasteiger partial charge in [0.05, 0.1) is 5.56 Å². The zero-order chi connectivity index (χ0) is 21.0. The molecule has 1 aliphatic heterocycles. The van der Waals surface area contributed by atoms with Gasteiger partial charge in [-0.2, -0.15) is 13.2 Å². The van der Waals surface area contributed by atoms with Crippen LogP contribution in [-0.4, -0.2) is 44.0 Å². The molecule has 1 heterocycles. The molecule has 1 aliphatic rings. The number of halogens is 3. The lowest BCUT2D eigenvalue weighted by Crippen LogP contribution is -2.42. The third kappa shape index (κ3) is 5.29. The van der Waals surface area contributed by atoms with Gasteiger partial charge in [-0.25, -0.2) is 0 Å². The molecule has 0 spiro atoms. The largest absolute Gasteiger partial charge is 0.416 e. The summed E-state index contributed by atoms with van der Waals surface area (Å²) in [6.07, 6.45) is -2.62. The summed E-state index contributed by atoms with van der Waals surface area (Å²) in [5.41, 5.74) is 1.42. The van der Waals surface area contributed by atoms with Crippen LogP contribution in [0.4, 0.5) is 18.9 Å². The van der Waals surface area contributed by atoms with E-state index in [0.717, 1.165) is 37.7 Å². The van der Waals surface area contributed by atoms with Gasteiger partial charge in [0.25, 0.3) is 5.91 Å². The monoisotopic (exact) mass is 405 g/mol. The highest BCUT2D eigenvalue weighted by molar-refractivity contribution is 5.94.